The third-order valence-electron chi connectivity index (χ3n) is 0.577. The summed E-state index contributed by atoms with van der Waals surface area (Å²) in [5, 5.41) is 0. The Kier molecular flexibility index (Phi) is 6.30. The summed E-state index contributed by atoms with van der Waals surface area (Å²) in [5.41, 5.74) is 0. The van der Waals surface area contributed by atoms with Crippen molar-refractivity contribution in [2.24, 2.45) is 0 Å². The molecule has 2 nitrogen and oxygen atoms in total. The monoisotopic (exact) mass is 172 g/mol. The van der Waals surface area contributed by atoms with Crippen molar-refractivity contribution in [3.63, 3.8) is 0 Å². The first-order valence-electron chi connectivity index (χ1n) is 2.14. The van der Waals surface area contributed by atoms with Gasteiger partial charge in [-0.25, -0.2) is 4.21 Å². The Morgan fingerprint density at radius 3 is 1.75 bits per heavy atom. The van der Waals surface area contributed by atoms with Crippen LogP contribution >= 0.6 is 11.8 Å². The van der Waals surface area contributed by atoms with Crippen LogP contribution in [-0.2, 0) is 20.8 Å². The van der Waals surface area contributed by atoms with E-state index in [9.17, 15) is 0 Å². The molecule has 0 radical (unpaired) electrons. The molecule has 8 heavy (non-hydrogen) atoms. The van der Waals surface area contributed by atoms with Crippen LogP contribution in [0.15, 0.2) is 0 Å². The predicted molar refractivity (Wildman–Crippen MR) is 41.5 cm³/mol. The van der Waals surface area contributed by atoms with Gasteiger partial charge in [-0.05, 0) is 17.9 Å². The zero-order valence-corrected chi connectivity index (χ0v) is 6.77. The van der Waals surface area contributed by atoms with E-state index in [0.29, 0.717) is 0 Å². The smallest absolute Gasteiger partial charge is 0.130 e. The number of thiol groups is 1. The molecule has 1 rings (SSSR count). The largest absolute Gasteiger partial charge is 0.308 e. The topological polar surface area (TPSA) is 37.3 Å². The summed E-state index contributed by atoms with van der Waals surface area (Å²) in [5.74, 6) is 2.83. The molecule has 0 saturated carbocycles. The molecule has 1 aliphatic heterocycles. The van der Waals surface area contributed by atoms with Crippen LogP contribution in [0.5, 0.6) is 0 Å². The standard InChI is InChI=1S/C3H6S.H2O2S2/c1-2-4-3-1;1-4(2)3/h1-3H2;4H,(H,1,2,3). The number of thioether (sulfide) groups is 1. The van der Waals surface area contributed by atoms with Crippen molar-refractivity contribution in [1.29, 1.82) is 0 Å². The van der Waals surface area contributed by atoms with E-state index in [4.69, 9.17) is 8.76 Å². The first kappa shape index (κ1) is 8.68. The summed E-state index contributed by atoms with van der Waals surface area (Å²) in [7, 11) is -2.29. The van der Waals surface area contributed by atoms with Crippen LogP contribution in [0.1, 0.15) is 6.42 Å². The molecule has 1 aliphatic rings. The maximum atomic E-state index is 8.96. The lowest BCUT2D eigenvalue weighted by atomic mass is 10.6. The first-order valence-corrected chi connectivity index (χ1v) is 5.52. The van der Waals surface area contributed by atoms with Crippen LogP contribution in [0.3, 0.4) is 0 Å². The Morgan fingerprint density at radius 1 is 1.62 bits per heavy atom. The van der Waals surface area contributed by atoms with Crippen molar-refractivity contribution < 1.29 is 8.76 Å². The Morgan fingerprint density at radius 2 is 1.75 bits per heavy atom. The van der Waals surface area contributed by atoms with Crippen LogP contribution < -0.4 is 0 Å². The summed E-state index contributed by atoms with van der Waals surface area (Å²) < 4.78 is 16.3. The van der Waals surface area contributed by atoms with Gasteiger partial charge in [-0.3, -0.25) is 0 Å². The molecule has 0 aliphatic carbocycles. The molecular weight excluding hydrogens is 164 g/mol. The van der Waals surface area contributed by atoms with Gasteiger partial charge in [0.15, 0.2) is 0 Å². The minimum Gasteiger partial charge on any atom is -0.308 e. The van der Waals surface area contributed by atoms with Gasteiger partial charge in [0.05, 0.1) is 0 Å². The van der Waals surface area contributed by atoms with E-state index in [1.165, 1.54) is 17.9 Å². The average molecular weight is 172 g/mol. The van der Waals surface area contributed by atoms with Gasteiger partial charge in [0, 0.05) is 11.2 Å². The van der Waals surface area contributed by atoms with Gasteiger partial charge < -0.3 is 4.55 Å². The quantitative estimate of drug-likeness (QED) is 0.523. The molecule has 5 heteroatoms. The van der Waals surface area contributed by atoms with Gasteiger partial charge >= 0.3 is 0 Å². The van der Waals surface area contributed by atoms with Gasteiger partial charge in [0.1, 0.15) is 9.64 Å². The fourth-order valence-corrected chi connectivity index (χ4v) is 0.433. The summed E-state index contributed by atoms with van der Waals surface area (Å²) in [6.07, 6.45) is 1.46. The molecule has 50 valence electrons. The van der Waals surface area contributed by atoms with E-state index >= 15 is 0 Å². The van der Waals surface area contributed by atoms with Crippen molar-refractivity contribution in [1.82, 2.24) is 0 Å². The molecule has 0 amide bonds. The second kappa shape index (κ2) is 5.81. The highest BCUT2D eigenvalue weighted by Gasteiger charge is 1.95. The fraction of sp³-hybridized carbons (Fsp3) is 1.00. The van der Waals surface area contributed by atoms with Crippen LogP contribution in [0.4, 0.5) is 0 Å². The van der Waals surface area contributed by atoms with Crippen LogP contribution in [0.25, 0.3) is 0 Å². The van der Waals surface area contributed by atoms with Gasteiger partial charge in [-0.1, -0.05) is 0 Å². The fourth-order valence-electron chi connectivity index (χ4n) is 0.144. The molecule has 1 unspecified atom stereocenters. The Bertz CT molecular complexity index is 93.1. The number of rotatable bonds is 0. The summed E-state index contributed by atoms with van der Waals surface area (Å²) in [6, 6.07) is 0. The SMILES string of the molecule is C1CSC1.O=[SH](O)=S. The number of hydrogen-bond donors (Lipinski definition) is 2. The van der Waals surface area contributed by atoms with Crippen molar-refractivity contribution in [2.45, 2.75) is 6.42 Å². The zero-order chi connectivity index (χ0) is 6.41. The van der Waals surface area contributed by atoms with Crippen LogP contribution in [0.2, 0.25) is 0 Å². The third kappa shape index (κ3) is 9.84. The predicted octanol–water partition coefficient (Wildman–Crippen LogP) is 0.526. The molecular formula is C3H8O2S3. The van der Waals surface area contributed by atoms with Crippen molar-refractivity contribution in [3.8, 4) is 0 Å². The Labute approximate surface area is 59.6 Å². The number of hydrogen-bond acceptors (Lipinski definition) is 3. The summed E-state index contributed by atoms with van der Waals surface area (Å²) in [6.45, 7) is 0. The third-order valence-corrected chi connectivity index (χ3v) is 1.73. The summed E-state index contributed by atoms with van der Waals surface area (Å²) >= 11 is 5.72. The highest BCUT2D eigenvalue weighted by atomic mass is 32.8. The molecule has 0 bridgehead atoms. The van der Waals surface area contributed by atoms with Gasteiger partial charge in [-0.15, -0.1) is 0 Å². The Balaban J connectivity index is 0.000000122. The molecule has 1 atom stereocenters. The van der Waals surface area contributed by atoms with Gasteiger partial charge in [0.2, 0.25) is 0 Å². The van der Waals surface area contributed by atoms with E-state index in [-0.39, 0.29) is 0 Å². The lowest BCUT2D eigenvalue weighted by Crippen LogP contribution is -1.94. The van der Waals surface area contributed by atoms with Crippen LogP contribution in [0, 0.1) is 0 Å². The normalized spacial score (nSPS) is 19.6. The minimum absolute atomic E-state index is 1.42. The van der Waals surface area contributed by atoms with E-state index < -0.39 is 9.64 Å². The van der Waals surface area contributed by atoms with E-state index in [2.05, 4.69) is 11.2 Å². The average Bonchev–Trinajstić information content (AvgIpc) is 1.19. The van der Waals surface area contributed by atoms with Gasteiger partial charge in [0.25, 0.3) is 0 Å². The maximum absolute atomic E-state index is 8.96. The van der Waals surface area contributed by atoms with Crippen molar-refractivity contribution in [3.05, 3.63) is 0 Å². The molecule has 0 aromatic carbocycles. The van der Waals surface area contributed by atoms with Gasteiger partial charge in [-0.2, -0.15) is 11.8 Å². The van der Waals surface area contributed by atoms with Crippen molar-refractivity contribution >= 4 is 32.6 Å². The van der Waals surface area contributed by atoms with Crippen molar-refractivity contribution in [2.75, 3.05) is 11.5 Å². The highest BCUT2D eigenvalue weighted by molar-refractivity contribution is 8.18. The maximum Gasteiger partial charge on any atom is 0.130 e. The van der Waals surface area contributed by atoms with E-state index in [1.807, 2.05) is 11.8 Å². The second-order valence-corrected chi connectivity index (χ2v) is 3.84. The molecule has 1 saturated heterocycles. The molecule has 0 spiro atoms. The Hall–Kier alpha value is 0.680. The summed E-state index contributed by atoms with van der Waals surface area (Å²) in [4.78, 5) is 0. The zero-order valence-electron chi connectivity index (χ0n) is 4.24. The van der Waals surface area contributed by atoms with E-state index in [0.717, 1.165) is 0 Å². The first-order chi connectivity index (χ1) is 3.73. The minimum atomic E-state index is -2.29. The lowest BCUT2D eigenvalue weighted by Gasteiger charge is -2.05. The molecule has 1 heterocycles. The molecule has 0 aromatic rings. The lowest BCUT2D eigenvalue weighted by molar-refractivity contribution is 0.583. The van der Waals surface area contributed by atoms with Crippen LogP contribution in [-0.4, -0.2) is 20.3 Å². The van der Waals surface area contributed by atoms with E-state index in [1.54, 1.807) is 0 Å². The second-order valence-electron chi connectivity index (χ2n) is 1.20. The molecule has 1 N–H and O–H groups in total. The molecule has 1 fully saturated rings. The molecule has 0 aromatic heterocycles. The highest BCUT2D eigenvalue weighted by Crippen LogP contribution is 2.14.